The SMILES string of the molecule is C1CCN(C(C2CCCC[N]2)N2CCCC2)CC1. The summed E-state index contributed by atoms with van der Waals surface area (Å²) in [7, 11) is 0. The van der Waals surface area contributed by atoms with Crippen molar-refractivity contribution in [2.45, 2.75) is 63.6 Å². The number of hydrogen-bond acceptors (Lipinski definition) is 2. The Morgan fingerprint density at radius 2 is 1.33 bits per heavy atom. The van der Waals surface area contributed by atoms with Gasteiger partial charge in [0, 0.05) is 6.54 Å². The van der Waals surface area contributed by atoms with Gasteiger partial charge in [-0.3, -0.25) is 9.80 Å². The van der Waals surface area contributed by atoms with Gasteiger partial charge in [0.05, 0.1) is 12.2 Å². The third-order valence-corrected chi connectivity index (χ3v) is 4.90. The molecule has 18 heavy (non-hydrogen) atoms. The van der Waals surface area contributed by atoms with E-state index >= 15 is 0 Å². The molecule has 1 radical (unpaired) electrons. The molecule has 0 aromatic heterocycles. The quantitative estimate of drug-likeness (QED) is 0.764. The molecule has 3 nitrogen and oxygen atoms in total. The van der Waals surface area contributed by atoms with Crippen LogP contribution in [0.5, 0.6) is 0 Å². The molecule has 0 saturated carbocycles. The lowest BCUT2D eigenvalue weighted by atomic mass is 9.99. The molecule has 3 rings (SSSR count). The van der Waals surface area contributed by atoms with Gasteiger partial charge in [-0.15, -0.1) is 0 Å². The second kappa shape index (κ2) is 6.36. The predicted octanol–water partition coefficient (Wildman–Crippen LogP) is 2.05. The Morgan fingerprint density at radius 1 is 0.722 bits per heavy atom. The number of likely N-dealkylation sites (tertiary alicyclic amines) is 2. The zero-order valence-corrected chi connectivity index (χ0v) is 11.7. The largest absolute Gasteiger partial charge is 0.287 e. The molecule has 3 aliphatic heterocycles. The fraction of sp³-hybridized carbons (Fsp3) is 1.00. The van der Waals surface area contributed by atoms with E-state index < -0.39 is 0 Å². The van der Waals surface area contributed by atoms with Crippen molar-refractivity contribution < 1.29 is 0 Å². The normalized spacial score (nSPS) is 33.7. The highest BCUT2D eigenvalue weighted by atomic mass is 15.4. The van der Waals surface area contributed by atoms with E-state index in [0.29, 0.717) is 12.2 Å². The molecule has 3 fully saturated rings. The maximum atomic E-state index is 4.97. The highest BCUT2D eigenvalue weighted by molar-refractivity contribution is 4.89. The molecule has 0 aromatic carbocycles. The number of nitrogens with zero attached hydrogens (tertiary/aromatic N) is 3. The topological polar surface area (TPSA) is 20.6 Å². The minimum Gasteiger partial charge on any atom is -0.287 e. The first kappa shape index (κ1) is 12.9. The molecule has 0 N–H and O–H groups in total. The van der Waals surface area contributed by atoms with E-state index in [4.69, 9.17) is 5.32 Å². The average molecular weight is 250 g/mol. The van der Waals surface area contributed by atoms with Gasteiger partial charge in [-0.05, 0) is 64.7 Å². The standard InChI is InChI=1S/C15H28N3/c1-4-10-17(11-5-1)15(18-12-6-7-13-18)14-8-2-3-9-16-14/h14-15H,1-13H2. The van der Waals surface area contributed by atoms with Gasteiger partial charge in [-0.2, -0.15) is 0 Å². The van der Waals surface area contributed by atoms with Gasteiger partial charge in [0.2, 0.25) is 0 Å². The van der Waals surface area contributed by atoms with Crippen LogP contribution in [-0.4, -0.2) is 54.7 Å². The summed E-state index contributed by atoms with van der Waals surface area (Å²) in [6.07, 6.45) is 11.7. The van der Waals surface area contributed by atoms with Crippen molar-refractivity contribution in [3.8, 4) is 0 Å². The number of piperidine rings is 2. The van der Waals surface area contributed by atoms with E-state index in [9.17, 15) is 0 Å². The van der Waals surface area contributed by atoms with Crippen LogP contribution in [0, 0.1) is 0 Å². The molecule has 3 heterocycles. The fourth-order valence-corrected chi connectivity index (χ4v) is 3.96. The average Bonchev–Trinajstić information content (AvgIpc) is 2.95. The third-order valence-electron chi connectivity index (χ3n) is 4.90. The van der Waals surface area contributed by atoms with Crippen LogP contribution in [0.15, 0.2) is 0 Å². The molecule has 0 bridgehead atoms. The molecular formula is C15H28N3. The molecule has 3 heteroatoms. The van der Waals surface area contributed by atoms with E-state index in [1.807, 2.05) is 0 Å². The van der Waals surface area contributed by atoms with Crippen LogP contribution < -0.4 is 5.32 Å². The van der Waals surface area contributed by atoms with E-state index in [2.05, 4.69) is 9.80 Å². The number of rotatable bonds is 3. The maximum absolute atomic E-state index is 4.97. The summed E-state index contributed by atoms with van der Waals surface area (Å²) in [5.74, 6) is 0. The summed E-state index contributed by atoms with van der Waals surface area (Å²) in [4.78, 5) is 5.50. The van der Waals surface area contributed by atoms with E-state index in [1.54, 1.807) is 0 Å². The molecule has 3 aliphatic rings. The monoisotopic (exact) mass is 250 g/mol. The zero-order chi connectivity index (χ0) is 12.2. The van der Waals surface area contributed by atoms with Crippen molar-refractivity contribution in [3.63, 3.8) is 0 Å². The van der Waals surface area contributed by atoms with Gasteiger partial charge in [0.1, 0.15) is 0 Å². The second-order valence-electron chi connectivity index (χ2n) is 6.22. The van der Waals surface area contributed by atoms with Crippen molar-refractivity contribution >= 4 is 0 Å². The van der Waals surface area contributed by atoms with Gasteiger partial charge in [-0.25, -0.2) is 5.32 Å². The molecule has 3 saturated heterocycles. The van der Waals surface area contributed by atoms with Gasteiger partial charge < -0.3 is 0 Å². The lowest BCUT2D eigenvalue weighted by Crippen LogP contribution is -2.58. The van der Waals surface area contributed by atoms with Gasteiger partial charge in [-0.1, -0.05) is 12.8 Å². The summed E-state index contributed by atoms with van der Waals surface area (Å²) in [6, 6.07) is 0.606. The van der Waals surface area contributed by atoms with Crippen molar-refractivity contribution in [2.24, 2.45) is 0 Å². The Balaban J connectivity index is 1.68. The van der Waals surface area contributed by atoms with Crippen LogP contribution in [0.2, 0.25) is 0 Å². The van der Waals surface area contributed by atoms with E-state index in [-0.39, 0.29) is 0 Å². The minimum atomic E-state index is 0.606. The van der Waals surface area contributed by atoms with E-state index in [0.717, 1.165) is 6.54 Å². The highest BCUT2D eigenvalue weighted by Crippen LogP contribution is 2.25. The lowest BCUT2D eigenvalue weighted by Gasteiger charge is -2.44. The first-order chi connectivity index (χ1) is 8.95. The van der Waals surface area contributed by atoms with Crippen molar-refractivity contribution in [1.29, 1.82) is 0 Å². The number of hydrogen-bond donors (Lipinski definition) is 0. The maximum Gasteiger partial charge on any atom is 0.0797 e. The van der Waals surface area contributed by atoms with Crippen LogP contribution in [0.25, 0.3) is 0 Å². The predicted molar refractivity (Wildman–Crippen MR) is 74.7 cm³/mol. The highest BCUT2D eigenvalue weighted by Gasteiger charge is 2.35. The molecule has 2 unspecified atom stereocenters. The second-order valence-corrected chi connectivity index (χ2v) is 6.22. The molecule has 103 valence electrons. The Kier molecular flexibility index (Phi) is 4.55. The van der Waals surface area contributed by atoms with Crippen LogP contribution in [-0.2, 0) is 0 Å². The van der Waals surface area contributed by atoms with Crippen molar-refractivity contribution in [3.05, 3.63) is 0 Å². The summed E-state index contributed by atoms with van der Waals surface area (Å²) in [5, 5.41) is 4.97. The molecule has 0 aromatic rings. The molecular weight excluding hydrogens is 222 g/mol. The van der Waals surface area contributed by atoms with Crippen molar-refractivity contribution in [1.82, 2.24) is 15.1 Å². The Labute approximate surface area is 112 Å². The minimum absolute atomic E-state index is 0.606. The zero-order valence-electron chi connectivity index (χ0n) is 11.7. The van der Waals surface area contributed by atoms with Gasteiger partial charge in [0.15, 0.2) is 0 Å². The van der Waals surface area contributed by atoms with E-state index in [1.165, 1.54) is 77.5 Å². The molecule has 0 aliphatic carbocycles. The summed E-state index contributed by atoms with van der Waals surface area (Å²) >= 11 is 0. The van der Waals surface area contributed by atoms with Gasteiger partial charge in [0.25, 0.3) is 0 Å². The molecule has 2 atom stereocenters. The summed E-state index contributed by atoms with van der Waals surface area (Å²) in [6.45, 7) is 6.36. The molecule has 0 amide bonds. The Hall–Kier alpha value is -0.120. The first-order valence-corrected chi connectivity index (χ1v) is 8.10. The molecule has 0 spiro atoms. The third kappa shape index (κ3) is 2.89. The van der Waals surface area contributed by atoms with Crippen LogP contribution in [0.3, 0.4) is 0 Å². The van der Waals surface area contributed by atoms with Crippen LogP contribution in [0.1, 0.15) is 51.4 Å². The Morgan fingerprint density at radius 3 is 1.89 bits per heavy atom. The summed E-state index contributed by atoms with van der Waals surface area (Å²) < 4.78 is 0. The van der Waals surface area contributed by atoms with Crippen LogP contribution in [0.4, 0.5) is 0 Å². The lowest BCUT2D eigenvalue weighted by molar-refractivity contribution is 0.00902. The summed E-state index contributed by atoms with van der Waals surface area (Å²) in [5.41, 5.74) is 0. The van der Waals surface area contributed by atoms with Crippen molar-refractivity contribution in [2.75, 3.05) is 32.7 Å². The fourth-order valence-electron chi connectivity index (χ4n) is 3.96. The van der Waals surface area contributed by atoms with Crippen LogP contribution >= 0.6 is 0 Å². The smallest absolute Gasteiger partial charge is 0.0797 e. The Bertz CT molecular complexity index is 220. The van der Waals surface area contributed by atoms with Gasteiger partial charge >= 0.3 is 0 Å². The first-order valence-electron chi connectivity index (χ1n) is 8.10.